The number of hydrogen-bond donors (Lipinski definition) is 1. The van der Waals surface area contributed by atoms with Crippen LogP contribution in [0.4, 0.5) is 0 Å². The van der Waals surface area contributed by atoms with Crippen molar-refractivity contribution >= 4 is 15.9 Å². The molecule has 1 aliphatic carbocycles. The highest BCUT2D eigenvalue weighted by Crippen LogP contribution is 2.50. The third-order valence-electron chi connectivity index (χ3n) is 4.62. The Labute approximate surface area is 122 Å². The smallest absolute Gasteiger partial charge is 0.165 e. The molecule has 1 aromatic rings. The van der Waals surface area contributed by atoms with Crippen molar-refractivity contribution in [1.82, 2.24) is 0 Å². The van der Waals surface area contributed by atoms with Crippen LogP contribution in [0, 0.1) is 0 Å². The second-order valence-electron chi connectivity index (χ2n) is 5.54. The Hall–Kier alpha value is -0.740. The summed E-state index contributed by atoms with van der Waals surface area (Å²) in [6.45, 7) is 1.44. The highest BCUT2D eigenvalue weighted by Gasteiger charge is 2.38. The molecule has 4 heteroatoms. The molecule has 2 aliphatic rings. The van der Waals surface area contributed by atoms with Crippen molar-refractivity contribution in [2.75, 3.05) is 20.3 Å². The lowest BCUT2D eigenvalue weighted by Gasteiger charge is -2.30. The molecule has 0 spiro atoms. The molecular formula is C15H20BrNO2. The molecule has 2 N–H and O–H groups in total. The van der Waals surface area contributed by atoms with Crippen LogP contribution in [0.1, 0.15) is 36.8 Å². The molecule has 0 bridgehead atoms. The zero-order valence-corrected chi connectivity index (χ0v) is 12.9. The molecule has 0 amide bonds. The molecule has 1 aliphatic heterocycles. The molecule has 0 unspecified atom stereocenters. The van der Waals surface area contributed by atoms with E-state index in [1.807, 2.05) is 0 Å². The normalized spacial score (nSPS) is 20.2. The van der Waals surface area contributed by atoms with Gasteiger partial charge in [0, 0.05) is 28.4 Å². The SMILES string of the molecule is COc1cc(C2(CN)CCCC2)c(Br)c2c1OCC2. The summed E-state index contributed by atoms with van der Waals surface area (Å²) in [5, 5.41) is 0. The molecule has 104 valence electrons. The molecule has 1 fully saturated rings. The minimum atomic E-state index is 0.115. The Morgan fingerprint density at radius 1 is 1.42 bits per heavy atom. The van der Waals surface area contributed by atoms with Gasteiger partial charge in [0.05, 0.1) is 13.7 Å². The van der Waals surface area contributed by atoms with Crippen LogP contribution in [0.5, 0.6) is 11.5 Å². The first kappa shape index (κ1) is 13.3. The van der Waals surface area contributed by atoms with Gasteiger partial charge in [0.1, 0.15) is 0 Å². The summed E-state index contributed by atoms with van der Waals surface area (Å²) >= 11 is 3.79. The number of nitrogens with two attached hydrogens (primary N) is 1. The standard InChI is InChI=1S/C15H20BrNO2/c1-18-12-8-11(15(9-17)5-2-3-6-15)13(16)10-4-7-19-14(10)12/h8H,2-7,9,17H2,1H3. The van der Waals surface area contributed by atoms with Gasteiger partial charge >= 0.3 is 0 Å². The van der Waals surface area contributed by atoms with Gasteiger partial charge in [-0.2, -0.15) is 0 Å². The van der Waals surface area contributed by atoms with E-state index in [1.54, 1.807) is 7.11 Å². The van der Waals surface area contributed by atoms with Gasteiger partial charge in [0.2, 0.25) is 0 Å². The first-order valence-corrected chi connectivity index (χ1v) is 7.74. The Kier molecular flexibility index (Phi) is 3.48. The Balaban J connectivity index is 2.16. The average Bonchev–Trinajstić information content (AvgIpc) is 3.09. The second kappa shape index (κ2) is 4.98. The van der Waals surface area contributed by atoms with Gasteiger partial charge in [-0.1, -0.05) is 28.8 Å². The first-order chi connectivity index (χ1) is 9.22. The van der Waals surface area contributed by atoms with Gasteiger partial charge in [-0.3, -0.25) is 0 Å². The molecule has 3 nitrogen and oxygen atoms in total. The van der Waals surface area contributed by atoms with E-state index in [9.17, 15) is 0 Å². The largest absolute Gasteiger partial charge is 0.493 e. The lowest BCUT2D eigenvalue weighted by Crippen LogP contribution is -2.32. The summed E-state index contributed by atoms with van der Waals surface area (Å²) < 4.78 is 12.4. The van der Waals surface area contributed by atoms with Gasteiger partial charge in [0.15, 0.2) is 11.5 Å². The molecular weight excluding hydrogens is 306 g/mol. The van der Waals surface area contributed by atoms with Gasteiger partial charge < -0.3 is 15.2 Å². The van der Waals surface area contributed by atoms with E-state index in [4.69, 9.17) is 15.2 Å². The van der Waals surface area contributed by atoms with E-state index < -0.39 is 0 Å². The molecule has 19 heavy (non-hydrogen) atoms. The number of hydrogen-bond acceptors (Lipinski definition) is 3. The van der Waals surface area contributed by atoms with Crippen molar-refractivity contribution in [3.05, 3.63) is 21.7 Å². The lowest BCUT2D eigenvalue weighted by molar-refractivity contribution is 0.325. The summed E-state index contributed by atoms with van der Waals surface area (Å²) in [6, 6.07) is 2.13. The molecule has 0 saturated heterocycles. The Bertz CT molecular complexity index is 495. The number of methoxy groups -OCH3 is 1. The quantitative estimate of drug-likeness (QED) is 0.928. The van der Waals surface area contributed by atoms with E-state index in [1.165, 1.54) is 41.3 Å². The van der Waals surface area contributed by atoms with Crippen LogP contribution in [-0.2, 0) is 11.8 Å². The minimum absolute atomic E-state index is 0.115. The Morgan fingerprint density at radius 2 is 2.16 bits per heavy atom. The predicted molar refractivity (Wildman–Crippen MR) is 79.1 cm³/mol. The first-order valence-electron chi connectivity index (χ1n) is 6.94. The van der Waals surface area contributed by atoms with Crippen LogP contribution in [0.15, 0.2) is 10.5 Å². The summed E-state index contributed by atoms with van der Waals surface area (Å²) in [5.41, 5.74) is 8.79. The van der Waals surface area contributed by atoms with Gasteiger partial charge in [0.25, 0.3) is 0 Å². The fourth-order valence-corrected chi connectivity index (χ4v) is 4.39. The number of halogens is 1. The van der Waals surface area contributed by atoms with Crippen LogP contribution in [0.25, 0.3) is 0 Å². The van der Waals surface area contributed by atoms with E-state index in [0.717, 1.165) is 24.5 Å². The van der Waals surface area contributed by atoms with Gasteiger partial charge in [-0.25, -0.2) is 0 Å². The highest BCUT2D eigenvalue weighted by molar-refractivity contribution is 9.10. The monoisotopic (exact) mass is 325 g/mol. The fourth-order valence-electron chi connectivity index (χ4n) is 3.48. The maximum Gasteiger partial charge on any atom is 0.165 e. The second-order valence-corrected chi connectivity index (χ2v) is 6.33. The number of rotatable bonds is 3. The fraction of sp³-hybridized carbons (Fsp3) is 0.600. The van der Waals surface area contributed by atoms with Crippen LogP contribution >= 0.6 is 15.9 Å². The van der Waals surface area contributed by atoms with Crippen molar-refractivity contribution in [2.45, 2.75) is 37.5 Å². The third-order valence-corrected chi connectivity index (χ3v) is 5.52. The van der Waals surface area contributed by atoms with Gasteiger partial charge in [-0.05, 0) is 24.5 Å². The van der Waals surface area contributed by atoms with Gasteiger partial charge in [-0.15, -0.1) is 0 Å². The van der Waals surface area contributed by atoms with E-state index in [2.05, 4.69) is 22.0 Å². The average molecular weight is 326 g/mol. The molecule has 0 atom stereocenters. The van der Waals surface area contributed by atoms with Crippen LogP contribution in [-0.4, -0.2) is 20.3 Å². The van der Waals surface area contributed by atoms with Crippen molar-refractivity contribution in [3.8, 4) is 11.5 Å². The number of fused-ring (bicyclic) bond motifs is 1. The minimum Gasteiger partial charge on any atom is -0.493 e. The Morgan fingerprint density at radius 3 is 2.79 bits per heavy atom. The highest BCUT2D eigenvalue weighted by atomic mass is 79.9. The lowest BCUT2D eigenvalue weighted by atomic mass is 9.78. The molecule has 1 saturated carbocycles. The summed E-state index contributed by atoms with van der Waals surface area (Å²) in [4.78, 5) is 0. The zero-order chi connectivity index (χ0) is 13.5. The molecule has 0 radical (unpaired) electrons. The maximum atomic E-state index is 6.11. The van der Waals surface area contributed by atoms with Crippen molar-refractivity contribution in [3.63, 3.8) is 0 Å². The number of ether oxygens (including phenoxy) is 2. The molecule has 3 rings (SSSR count). The molecule has 0 aromatic heterocycles. The van der Waals surface area contributed by atoms with Crippen molar-refractivity contribution in [1.29, 1.82) is 0 Å². The zero-order valence-electron chi connectivity index (χ0n) is 11.3. The van der Waals surface area contributed by atoms with Crippen LogP contribution in [0.3, 0.4) is 0 Å². The summed E-state index contributed by atoms with van der Waals surface area (Å²) in [7, 11) is 1.71. The van der Waals surface area contributed by atoms with Crippen LogP contribution < -0.4 is 15.2 Å². The summed E-state index contributed by atoms with van der Waals surface area (Å²) in [5.74, 6) is 1.76. The molecule has 1 aromatic carbocycles. The van der Waals surface area contributed by atoms with E-state index >= 15 is 0 Å². The van der Waals surface area contributed by atoms with E-state index in [0.29, 0.717) is 6.54 Å². The van der Waals surface area contributed by atoms with Crippen molar-refractivity contribution in [2.24, 2.45) is 5.73 Å². The van der Waals surface area contributed by atoms with E-state index in [-0.39, 0.29) is 5.41 Å². The van der Waals surface area contributed by atoms with Crippen LogP contribution in [0.2, 0.25) is 0 Å². The predicted octanol–water partition coefficient (Wildman–Crippen LogP) is 3.16. The van der Waals surface area contributed by atoms with Crippen molar-refractivity contribution < 1.29 is 9.47 Å². The number of benzene rings is 1. The third kappa shape index (κ3) is 1.96. The maximum absolute atomic E-state index is 6.11. The topological polar surface area (TPSA) is 44.5 Å². The molecule has 1 heterocycles. The summed E-state index contributed by atoms with van der Waals surface area (Å²) in [6.07, 6.45) is 5.82.